The van der Waals surface area contributed by atoms with E-state index < -0.39 is 5.97 Å². The Labute approximate surface area is 67.9 Å². The van der Waals surface area contributed by atoms with E-state index in [4.69, 9.17) is 14.4 Å². The Bertz CT molecular complexity index is 302. The van der Waals surface area contributed by atoms with Crippen LogP contribution in [0.2, 0.25) is 0 Å². The highest BCUT2D eigenvalue weighted by Crippen LogP contribution is 2.24. The summed E-state index contributed by atoms with van der Waals surface area (Å²) in [6.45, 7) is 1.18. The molecule has 5 heteroatoms. The number of carboxylic acid groups (broad SMARTS) is 1. The van der Waals surface area contributed by atoms with E-state index in [0.29, 0.717) is 19.0 Å². The Morgan fingerprint density at radius 2 is 2.42 bits per heavy atom. The first-order chi connectivity index (χ1) is 5.77. The molecule has 0 bridgehead atoms. The summed E-state index contributed by atoms with van der Waals surface area (Å²) in [4.78, 5) is 10.4. The van der Waals surface area contributed by atoms with Crippen LogP contribution in [0, 0.1) is 0 Å². The summed E-state index contributed by atoms with van der Waals surface area (Å²) in [5.74, 6) is -0.283. The van der Waals surface area contributed by atoms with Gasteiger partial charge in [0.2, 0.25) is 0 Å². The Morgan fingerprint density at radius 3 is 2.83 bits per heavy atom. The highest BCUT2D eigenvalue weighted by molar-refractivity contribution is 5.85. The second-order valence-corrected chi connectivity index (χ2v) is 2.65. The highest BCUT2D eigenvalue weighted by atomic mass is 16.5. The van der Waals surface area contributed by atoms with Gasteiger partial charge in [0.25, 0.3) is 0 Å². The molecule has 0 spiro atoms. The van der Waals surface area contributed by atoms with Gasteiger partial charge in [-0.2, -0.15) is 0 Å². The van der Waals surface area contributed by atoms with Crippen LogP contribution < -0.4 is 0 Å². The molecule has 1 saturated heterocycles. The lowest BCUT2D eigenvalue weighted by molar-refractivity contribution is -0.00229. The van der Waals surface area contributed by atoms with Crippen molar-refractivity contribution in [2.45, 2.75) is 5.92 Å². The molecule has 1 N–H and O–H groups in total. The van der Waals surface area contributed by atoms with Crippen LogP contribution in [0.5, 0.6) is 0 Å². The van der Waals surface area contributed by atoms with Crippen molar-refractivity contribution in [1.29, 1.82) is 0 Å². The van der Waals surface area contributed by atoms with Gasteiger partial charge in [0.1, 0.15) is 5.76 Å². The van der Waals surface area contributed by atoms with Crippen LogP contribution in [0.1, 0.15) is 22.2 Å². The Hall–Kier alpha value is -1.36. The molecule has 64 valence electrons. The number of hydrogen-bond acceptors (Lipinski definition) is 4. The summed E-state index contributed by atoms with van der Waals surface area (Å²) < 4.78 is 9.74. The van der Waals surface area contributed by atoms with Gasteiger partial charge >= 0.3 is 5.97 Å². The minimum Gasteiger partial charge on any atom is -0.476 e. The number of rotatable bonds is 2. The van der Waals surface area contributed by atoms with E-state index in [1.165, 1.54) is 6.07 Å². The standard InChI is InChI=1S/C7H7NO4/c9-7(10)5-1-6(12-8-5)4-2-11-3-4/h1,4H,2-3H2,(H,9,10). The fourth-order valence-electron chi connectivity index (χ4n) is 0.982. The van der Waals surface area contributed by atoms with E-state index in [1.54, 1.807) is 0 Å². The molecule has 2 heterocycles. The second-order valence-electron chi connectivity index (χ2n) is 2.65. The monoisotopic (exact) mass is 169 g/mol. The number of carbonyl (C=O) groups is 1. The third kappa shape index (κ3) is 1.08. The van der Waals surface area contributed by atoms with Gasteiger partial charge in [-0.05, 0) is 0 Å². The first-order valence-electron chi connectivity index (χ1n) is 3.55. The van der Waals surface area contributed by atoms with Crippen molar-refractivity contribution < 1.29 is 19.2 Å². The molecule has 2 rings (SSSR count). The van der Waals surface area contributed by atoms with Crippen LogP contribution in [-0.4, -0.2) is 29.4 Å². The van der Waals surface area contributed by atoms with Crippen molar-refractivity contribution in [2.75, 3.05) is 13.2 Å². The zero-order valence-electron chi connectivity index (χ0n) is 6.19. The zero-order chi connectivity index (χ0) is 8.55. The number of carboxylic acids is 1. The number of aromatic nitrogens is 1. The normalized spacial score (nSPS) is 17.3. The number of nitrogens with zero attached hydrogens (tertiary/aromatic N) is 1. The molecule has 1 aliphatic rings. The third-order valence-corrected chi connectivity index (χ3v) is 1.79. The van der Waals surface area contributed by atoms with E-state index in [9.17, 15) is 4.79 Å². The maximum Gasteiger partial charge on any atom is 0.358 e. The van der Waals surface area contributed by atoms with Gasteiger partial charge in [0.15, 0.2) is 5.69 Å². The van der Waals surface area contributed by atoms with Crippen LogP contribution >= 0.6 is 0 Å². The second kappa shape index (κ2) is 2.60. The largest absolute Gasteiger partial charge is 0.476 e. The molecule has 1 aromatic heterocycles. The first-order valence-corrected chi connectivity index (χ1v) is 3.55. The molecule has 0 unspecified atom stereocenters. The van der Waals surface area contributed by atoms with Gasteiger partial charge in [-0.3, -0.25) is 0 Å². The van der Waals surface area contributed by atoms with Crippen molar-refractivity contribution in [3.05, 3.63) is 17.5 Å². The van der Waals surface area contributed by atoms with Crippen LogP contribution in [-0.2, 0) is 4.74 Å². The van der Waals surface area contributed by atoms with Gasteiger partial charge in [-0.25, -0.2) is 4.79 Å². The molecule has 0 atom stereocenters. The minimum atomic E-state index is -1.06. The average molecular weight is 169 g/mol. The average Bonchev–Trinajstić information content (AvgIpc) is 2.32. The molecular weight excluding hydrogens is 162 g/mol. The molecule has 1 aromatic rings. The van der Waals surface area contributed by atoms with Crippen LogP contribution in [0.4, 0.5) is 0 Å². The molecule has 0 saturated carbocycles. The van der Waals surface area contributed by atoms with E-state index in [-0.39, 0.29) is 11.6 Å². The molecular formula is C7H7NO4. The summed E-state index contributed by atoms with van der Waals surface area (Å²) in [6, 6.07) is 1.44. The Kier molecular flexibility index (Phi) is 1.58. The first kappa shape index (κ1) is 7.30. The van der Waals surface area contributed by atoms with Gasteiger partial charge in [-0.1, -0.05) is 5.16 Å². The van der Waals surface area contributed by atoms with E-state index >= 15 is 0 Å². The topological polar surface area (TPSA) is 72.6 Å². The molecule has 0 radical (unpaired) electrons. The zero-order valence-corrected chi connectivity index (χ0v) is 6.19. The maximum atomic E-state index is 10.4. The Balaban J connectivity index is 2.17. The lowest BCUT2D eigenvalue weighted by Crippen LogP contribution is -2.24. The summed E-state index contributed by atoms with van der Waals surface area (Å²) in [5, 5.41) is 11.9. The fourth-order valence-corrected chi connectivity index (χ4v) is 0.982. The lowest BCUT2D eigenvalue weighted by atomic mass is 10.1. The maximum absolute atomic E-state index is 10.4. The molecule has 1 aliphatic heterocycles. The molecule has 0 amide bonds. The van der Waals surface area contributed by atoms with Gasteiger partial charge < -0.3 is 14.4 Å². The molecule has 0 aromatic carbocycles. The van der Waals surface area contributed by atoms with E-state index in [1.807, 2.05) is 0 Å². The predicted octanol–water partition coefficient (Wildman–Crippen LogP) is 0.487. The number of hydrogen-bond donors (Lipinski definition) is 1. The van der Waals surface area contributed by atoms with Crippen LogP contribution in [0.25, 0.3) is 0 Å². The number of aromatic carboxylic acids is 1. The highest BCUT2D eigenvalue weighted by Gasteiger charge is 2.25. The lowest BCUT2D eigenvalue weighted by Gasteiger charge is -2.22. The van der Waals surface area contributed by atoms with Gasteiger partial charge in [0.05, 0.1) is 19.1 Å². The molecule has 5 nitrogen and oxygen atoms in total. The summed E-state index contributed by atoms with van der Waals surface area (Å²) in [7, 11) is 0. The van der Waals surface area contributed by atoms with Crippen molar-refractivity contribution in [2.24, 2.45) is 0 Å². The van der Waals surface area contributed by atoms with Crippen LogP contribution in [0.15, 0.2) is 10.6 Å². The molecule has 1 fully saturated rings. The van der Waals surface area contributed by atoms with Crippen molar-refractivity contribution in [3.63, 3.8) is 0 Å². The van der Waals surface area contributed by atoms with E-state index in [0.717, 1.165) is 0 Å². The van der Waals surface area contributed by atoms with Crippen molar-refractivity contribution in [1.82, 2.24) is 5.16 Å². The molecule has 0 aliphatic carbocycles. The van der Waals surface area contributed by atoms with E-state index in [2.05, 4.69) is 5.16 Å². The van der Waals surface area contributed by atoms with Gasteiger partial charge in [-0.15, -0.1) is 0 Å². The van der Waals surface area contributed by atoms with Crippen molar-refractivity contribution in [3.8, 4) is 0 Å². The van der Waals surface area contributed by atoms with Crippen LogP contribution in [0.3, 0.4) is 0 Å². The number of ether oxygens (including phenoxy) is 1. The Morgan fingerprint density at radius 1 is 1.67 bits per heavy atom. The predicted molar refractivity (Wildman–Crippen MR) is 37.0 cm³/mol. The summed E-state index contributed by atoms with van der Waals surface area (Å²) in [5.41, 5.74) is -0.0445. The van der Waals surface area contributed by atoms with Gasteiger partial charge in [0, 0.05) is 6.07 Å². The smallest absolute Gasteiger partial charge is 0.358 e. The summed E-state index contributed by atoms with van der Waals surface area (Å²) in [6.07, 6.45) is 0. The molecule has 12 heavy (non-hydrogen) atoms. The fraction of sp³-hybridized carbons (Fsp3) is 0.429. The minimum absolute atomic E-state index is 0.0445. The third-order valence-electron chi connectivity index (χ3n) is 1.79. The quantitative estimate of drug-likeness (QED) is 0.697. The van der Waals surface area contributed by atoms with Crippen molar-refractivity contribution >= 4 is 5.97 Å². The SMILES string of the molecule is O=C(O)c1cc(C2COC2)on1. The summed E-state index contributed by atoms with van der Waals surface area (Å²) >= 11 is 0.